The quantitative estimate of drug-likeness (QED) is 0.777. The molecule has 8 heteroatoms. The molecule has 1 fully saturated rings. The third kappa shape index (κ3) is 5.10. The van der Waals surface area contributed by atoms with E-state index in [1.165, 1.54) is 12.1 Å². The van der Waals surface area contributed by atoms with Crippen molar-refractivity contribution < 1.29 is 22.7 Å². The van der Waals surface area contributed by atoms with Gasteiger partial charge in [0.05, 0.1) is 36.0 Å². The Kier molecular flexibility index (Phi) is 6.26. The highest BCUT2D eigenvalue weighted by Gasteiger charge is 2.35. The SMILES string of the molecule is CCOC(=O)CN1CCCN(c2cc(C#N)ccc2C(F)(F)F)CC1. The lowest BCUT2D eigenvalue weighted by atomic mass is 10.1. The summed E-state index contributed by atoms with van der Waals surface area (Å²) in [5.74, 6) is -0.335. The molecule has 0 radical (unpaired) electrons. The zero-order valence-electron chi connectivity index (χ0n) is 14.0. The van der Waals surface area contributed by atoms with E-state index in [0.29, 0.717) is 39.2 Å². The summed E-state index contributed by atoms with van der Waals surface area (Å²) in [5.41, 5.74) is -0.537. The van der Waals surface area contributed by atoms with Crippen molar-refractivity contribution in [2.75, 3.05) is 44.2 Å². The van der Waals surface area contributed by atoms with Crippen LogP contribution < -0.4 is 4.90 Å². The maximum Gasteiger partial charge on any atom is 0.418 e. The Hall–Kier alpha value is -2.27. The van der Waals surface area contributed by atoms with Gasteiger partial charge in [-0.15, -0.1) is 0 Å². The molecular formula is C17H20F3N3O2. The Bertz CT molecular complexity index is 656. The molecule has 0 bridgehead atoms. The van der Waals surface area contributed by atoms with E-state index in [0.717, 1.165) is 6.07 Å². The molecule has 0 atom stereocenters. The molecule has 0 aromatic heterocycles. The second-order valence-corrected chi connectivity index (χ2v) is 5.76. The molecule has 1 heterocycles. The Balaban J connectivity index is 2.17. The minimum Gasteiger partial charge on any atom is -0.465 e. The average Bonchev–Trinajstić information content (AvgIpc) is 2.79. The van der Waals surface area contributed by atoms with Crippen molar-refractivity contribution in [3.63, 3.8) is 0 Å². The summed E-state index contributed by atoms with van der Waals surface area (Å²) < 4.78 is 44.8. The van der Waals surface area contributed by atoms with Crippen molar-refractivity contribution in [1.82, 2.24) is 4.90 Å². The number of esters is 1. The Morgan fingerprint density at radius 2 is 2.04 bits per heavy atom. The van der Waals surface area contributed by atoms with Crippen LogP contribution >= 0.6 is 0 Å². The van der Waals surface area contributed by atoms with Crippen molar-refractivity contribution in [1.29, 1.82) is 5.26 Å². The molecular weight excluding hydrogens is 335 g/mol. The maximum atomic E-state index is 13.3. The standard InChI is InChI=1S/C17H20F3N3O2/c1-2-25-16(24)12-22-6-3-7-23(9-8-22)15-10-13(11-21)4-5-14(15)17(18,19)20/h4-5,10H,2-3,6-9,12H2,1H3. The van der Waals surface area contributed by atoms with Gasteiger partial charge >= 0.3 is 12.1 Å². The highest BCUT2D eigenvalue weighted by atomic mass is 19.4. The number of hydrogen-bond donors (Lipinski definition) is 0. The predicted molar refractivity (Wildman–Crippen MR) is 86.1 cm³/mol. The molecule has 0 unspecified atom stereocenters. The number of nitrogens with zero attached hydrogens (tertiary/aromatic N) is 3. The minimum absolute atomic E-state index is 0.0181. The zero-order valence-corrected chi connectivity index (χ0v) is 14.0. The number of carbonyl (C=O) groups is 1. The fourth-order valence-electron chi connectivity index (χ4n) is 2.86. The van der Waals surface area contributed by atoms with Crippen LogP contribution in [0, 0.1) is 11.3 Å². The van der Waals surface area contributed by atoms with Gasteiger partial charge in [-0.05, 0) is 31.5 Å². The summed E-state index contributed by atoms with van der Waals surface area (Å²) in [4.78, 5) is 15.1. The first-order chi connectivity index (χ1) is 11.8. The molecule has 0 N–H and O–H groups in total. The van der Waals surface area contributed by atoms with Crippen LogP contribution in [0.2, 0.25) is 0 Å². The Morgan fingerprint density at radius 3 is 2.68 bits per heavy atom. The predicted octanol–water partition coefficient (Wildman–Crippen LogP) is 2.65. The summed E-state index contributed by atoms with van der Waals surface area (Å²) in [7, 11) is 0. The highest BCUT2D eigenvalue weighted by molar-refractivity contribution is 5.71. The van der Waals surface area contributed by atoms with Crippen molar-refractivity contribution in [2.45, 2.75) is 19.5 Å². The summed E-state index contributed by atoms with van der Waals surface area (Å²) in [6.07, 6.45) is -3.87. The van der Waals surface area contributed by atoms with Gasteiger partial charge in [-0.25, -0.2) is 0 Å². The minimum atomic E-state index is -4.49. The van der Waals surface area contributed by atoms with E-state index in [4.69, 9.17) is 10.00 Å². The van der Waals surface area contributed by atoms with Gasteiger partial charge in [0.15, 0.2) is 0 Å². The van der Waals surface area contributed by atoms with Gasteiger partial charge in [-0.1, -0.05) is 0 Å². The molecule has 1 aliphatic rings. The molecule has 0 saturated carbocycles. The van der Waals surface area contributed by atoms with E-state index in [9.17, 15) is 18.0 Å². The number of carbonyl (C=O) groups excluding carboxylic acids is 1. The number of hydrogen-bond acceptors (Lipinski definition) is 5. The summed E-state index contributed by atoms with van der Waals surface area (Å²) >= 11 is 0. The normalized spacial score (nSPS) is 16.2. The van der Waals surface area contributed by atoms with Crippen LogP contribution in [0.4, 0.5) is 18.9 Å². The van der Waals surface area contributed by atoms with Gasteiger partial charge in [0.2, 0.25) is 0 Å². The Labute approximate surface area is 144 Å². The molecule has 2 rings (SSSR count). The molecule has 136 valence electrons. The zero-order chi connectivity index (χ0) is 18.4. The van der Waals surface area contributed by atoms with Crippen molar-refractivity contribution in [3.8, 4) is 6.07 Å². The molecule has 1 aliphatic heterocycles. The van der Waals surface area contributed by atoms with E-state index < -0.39 is 11.7 Å². The van der Waals surface area contributed by atoms with Gasteiger partial charge < -0.3 is 9.64 Å². The lowest BCUT2D eigenvalue weighted by Crippen LogP contribution is -2.35. The Morgan fingerprint density at radius 1 is 1.28 bits per heavy atom. The number of anilines is 1. The van der Waals surface area contributed by atoms with E-state index in [2.05, 4.69) is 0 Å². The van der Waals surface area contributed by atoms with Crippen LogP contribution in [0.3, 0.4) is 0 Å². The highest BCUT2D eigenvalue weighted by Crippen LogP contribution is 2.37. The molecule has 1 aromatic carbocycles. The first kappa shape index (κ1) is 19.1. The van der Waals surface area contributed by atoms with Crippen LogP contribution in [0.25, 0.3) is 0 Å². The van der Waals surface area contributed by atoms with Crippen LogP contribution in [0.5, 0.6) is 0 Å². The lowest BCUT2D eigenvalue weighted by molar-refractivity contribution is -0.144. The van der Waals surface area contributed by atoms with Crippen molar-refractivity contribution in [3.05, 3.63) is 29.3 Å². The third-order valence-electron chi connectivity index (χ3n) is 4.02. The smallest absolute Gasteiger partial charge is 0.418 e. The third-order valence-corrected chi connectivity index (χ3v) is 4.02. The number of rotatable bonds is 4. The van der Waals surface area contributed by atoms with E-state index in [1.807, 2.05) is 11.0 Å². The van der Waals surface area contributed by atoms with E-state index in [-0.39, 0.29) is 23.8 Å². The summed E-state index contributed by atoms with van der Waals surface area (Å²) in [6, 6.07) is 5.30. The van der Waals surface area contributed by atoms with Gasteiger partial charge in [-0.2, -0.15) is 18.4 Å². The summed E-state index contributed by atoms with van der Waals surface area (Å²) in [6.45, 7) is 3.99. The fourth-order valence-corrected chi connectivity index (χ4v) is 2.86. The molecule has 25 heavy (non-hydrogen) atoms. The lowest BCUT2D eigenvalue weighted by Gasteiger charge is -2.26. The summed E-state index contributed by atoms with van der Waals surface area (Å²) in [5, 5.41) is 8.99. The molecule has 1 aromatic rings. The van der Waals surface area contributed by atoms with Gasteiger partial charge in [0, 0.05) is 26.2 Å². The number of nitriles is 1. The number of ether oxygens (including phenoxy) is 1. The van der Waals surface area contributed by atoms with Crippen LogP contribution in [0.1, 0.15) is 24.5 Å². The van der Waals surface area contributed by atoms with Crippen LogP contribution in [-0.2, 0) is 15.7 Å². The average molecular weight is 355 g/mol. The monoisotopic (exact) mass is 355 g/mol. The second kappa shape index (κ2) is 8.21. The number of alkyl halides is 3. The molecule has 0 amide bonds. The van der Waals surface area contributed by atoms with Crippen LogP contribution in [-0.4, -0.2) is 50.2 Å². The molecule has 0 aliphatic carbocycles. The second-order valence-electron chi connectivity index (χ2n) is 5.76. The molecule has 5 nitrogen and oxygen atoms in total. The fraction of sp³-hybridized carbons (Fsp3) is 0.529. The maximum absolute atomic E-state index is 13.3. The molecule has 0 spiro atoms. The van der Waals surface area contributed by atoms with E-state index in [1.54, 1.807) is 11.8 Å². The number of benzene rings is 1. The first-order valence-corrected chi connectivity index (χ1v) is 8.09. The van der Waals surface area contributed by atoms with Gasteiger partial charge in [0.25, 0.3) is 0 Å². The topological polar surface area (TPSA) is 56.6 Å². The van der Waals surface area contributed by atoms with Crippen molar-refractivity contribution in [2.24, 2.45) is 0 Å². The van der Waals surface area contributed by atoms with Gasteiger partial charge in [-0.3, -0.25) is 9.69 Å². The van der Waals surface area contributed by atoms with Gasteiger partial charge in [0.1, 0.15) is 0 Å². The molecule has 1 saturated heterocycles. The van der Waals surface area contributed by atoms with Crippen molar-refractivity contribution >= 4 is 11.7 Å². The van der Waals surface area contributed by atoms with Crippen LogP contribution in [0.15, 0.2) is 18.2 Å². The van der Waals surface area contributed by atoms with E-state index >= 15 is 0 Å². The first-order valence-electron chi connectivity index (χ1n) is 8.09. The number of halogens is 3. The largest absolute Gasteiger partial charge is 0.465 e.